The summed E-state index contributed by atoms with van der Waals surface area (Å²) in [6, 6.07) is 14.6. The van der Waals surface area contributed by atoms with Gasteiger partial charge >= 0.3 is 6.18 Å². The average molecular weight is 463 g/mol. The number of sulfonamides is 1. The number of rotatable bonds is 7. The number of alkyl halides is 3. The van der Waals surface area contributed by atoms with Crippen molar-refractivity contribution in [2.75, 3.05) is 22.4 Å². The van der Waals surface area contributed by atoms with Crippen LogP contribution in [0.2, 0.25) is 0 Å². The summed E-state index contributed by atoms with van der Waals surface area (Å²) in [5.74, 6) is -0.685. The van der Waals surface area contributed by atoms with Crippen LogP contribution in [-0.2, 0) is 27.4 Å². The molecule has 2 aromatic carbocycles. The lowest BCUT2D eigenvalue weighted by molar-refractivity contribution is -0.137. The van der Waals surface area contributed by atoms with Crippen molar-refractivity contribution in [3.05, 3.63) is 89.7 Å². The van der Waals surface area contributed by atoms with Crippen molar-refractivity contribution in [3.8, 4) is 0 Å². The fourth-order valence-corrected chi connectivity index (χ4v) is 3.86. The number of benzene rings is 2. The molecule has 3 rings (SSSR count). The number of hydrogen-bond acceptors (Lipinski definition) is 4. The molecule has 32 heavy (non-hydrogen) atoms. The maximum atomic E-state index is 13.0. The van der Waals surface area contributed by atoms with Crippen LogP contribution in [0.1, 0.15) is 16.7 Å². The molecule has 0 aliphatic heterocycles. The summed E-state index contributed by atoms with van der Waals surface area (Å²) in [6.45, 7) is -0.668. The van der Waals surface area contributed by atoms with Gasteiger partial charge in [-0.1, -0.05) is 18.2 Å². The van der Waals surface area contributed by atoms with E-state index in [1.807, 2.05) is 24.3 Å². The van der Waals surface area contributed by atoms with Crippen molar-refractivity contribution >= 4 is 27.3 Å². The Morgan fingerprint density at radius 2 is 1.62 bits per heavy atom. The van der Waals surface area contributed by atoms with E-state index in [1.165, 1.54) is 6.07 Å². The van der Waals surface area contributed by atoms with Crippen molar-refractivity contribution in [3.63, 3.8) is 0 Å². The van der Waals surface area contributed by atoms with Crippen molar-refractivity contribution in [1.29, 1.82) is 0 Å². The number of nitrogens with zero attached hydrogens (tertiary/aromatic N) is 2. The van der Waals surface area contributed by atoms with E-state index in [9.17, 15) is 26.4 Å². The molecule has 1 heterocycles. The van der Waals surface area contributed by atoms with Gasteiger partial charge < -0.3 is 5.32 Å². The van der Waals surface area contributed by atoms with Crippen molar-refractivity contribution in [2.24, 2.45) is 0 Å². The van der Waals surface area contributed by atoms with Gasteiger partial charge in [-0.3, -0.25) is 14.1 Å². The third-order valence-corrected chi connectivity index (χ3v) is 5.68. The number of halogens is 3. The van der Waals surface area contributed by atoms with Gasteiger partial charge in [-0.05, 0) is 60.0 Å². The van der Waals surface area contributed by atoms with Crippen LogP contribution in [0.4, 0.5) is 24.5 Å². The number of aromatic nitrogens is 1. The number of carbonyl (C=O) groups is 1. The van der Waals surface area contributed by atoms with E-state index >= 15 is 0 Å². The molecule has 1 amide bonds. The molecule has 10 heteroatoms. The summed E-state index contributed by atoms with van der Waals surface area (Å²) < 4.78 is 63.9. The van der Waals surface area contributed by atoms with Crippen LogP contribution in [0.5, 0.6) is 0 Å². The molecule has 0 saturated carbocycles. The minimum Gasteiger partial charge on any atom is -0.325 e. The molecule has 0 aliphatic rings. The largest absolute Gasteiger partial charge is 0.416 e. The smallest absolute Gasteiger partial charge is 0.325 e. The first kappa shape index (κ1) is 23.3. The highest BCUT2D eigenvalue weighted by molar-refractivity contribution is 7.92. The zero-order valence-electron chi connectivity index (χ0n) is 17.0. The molecule has 0 radical (unpaired) electrons. The fraction of sp³-hybridized carbons (Fsp3) is 0.182. The third-order valence-electron chi connectivity index (χ3n) is 4.54. The van der Waals surface area contributed by atoms with Gasteiger partial charge in [0.25, 0.3) is 0 Å². The van der Waals surface area contributed by atoms with Crippen LogP contribution >= 0.6 is 0 Å². The molecule has 0 fully saturated rings. The molecule has 0 unspecified atom stereocenters. The topological polar surface area (TPSA) is 79.4 Å². The molecular formula is C22H20F3N3O3S. The number of hydrogen-bond donors (Lipinski definition) is 1. The Kier molecular flexibility index (Phi) is 6.83. The molecule has 1 aromatic heterocycles. The zero-order chi connectivity index (χ0) is 23.4. The molecule has 0 atom stereocenters. The van der Waals surface area contributed by atoms with Crippen molar-refractivity contribution < 1.29 is 26.4 Å². The number of nitrogens with one attached hydrogen (secondary N) is 1. The Labute approximate surface area is 183 Å². The standard InChI is InChI=1S/C22H20F3N3O3S/c1-32(30,31)28(20-4-2-3-18(14-20)22(23,24)25)15-21(29)27-19-7-5-16(6-8-19)13-17-9-11-26-12-10-17/h2-12,14H,13,15H2,1H3,(H,27,29). The minimum absolute atomic E-state index is 0.245. The van der Waals surface area contributed by atoms with Crippen LogP contribution < -0.4 is 9.62 Å². The normalized spacial score (nSPS) is 11.8. The summed E-state index contributed by atoms with van der Waals surface area (Å²) in [5.41, 5.74) is 1.25. The molecule has 0 bridgehead atoms. The Morgan fingerprint density at radius 1 is 1.00 bits per heavy atom. The number of pyridine rings is 1. The van der Waals surface area contributed by atoms with Gasteiger partial charge in [0.1, 0.15) is 6.54 Å². The molecule has 0 spiro atoms. The average Bonchev–Trinajstić information content (AvgIpc) is 2.73. The Balaban J connectivity index is 1.71. The van der Waals surface area contributed by atoms with Gasteiger partial charge in [0.2, 0.25) is 15.9 Å². The first-order valence-corrected chi connectivity index (χ1v) is 11.3. The lowest BCUT2D eigenvalue weighted by atomic mass is 10.1. The first-order valence-electron chi connectivity index (χ1n) is 9.45. The van der Waals surface area contributed by atoms with Gasteiger partial charge in [0.05, 0.1) is 17.5 Å². The van der Waals surface area contributed by atoms with E-state index in [-0.39, 0.29) is 5.69 Å². The van der Waals surface area contributed by atoms with Gasteiger partial charge in [-0.2, -0.15) is 13.2 Å². The highest BCUT2D eigenvalue weighted by Gasteiger charge is 2.32. The second-order valence-corrected chi connectivity index (χ2v) is 9.00. The highest BCUT2D eigenvalue weighted by atomic mass is 32.2. The van der Waals surface area contributed by atoms with Crippen LogP contribution in [-0.4, -0.2) is 32.1 Å². The van der Waals surface area contributed by atoms with Gasteiger partial charge in [0, 0.05) is 18.1 Å². The summed E-state index contributed by atoms with van der Waals surface area (Å²) in [4.78, 5) is 16.4. The summed E-state index contributed by atoms with van der Waals surface area (Å²) in [5, 5.41) is 2.57. The quantitative estimate of drug-likeness (QED) is 0.572. The first-order chi connectivity index (χ1) is 15.0. The monoisotopic (exact) mass is 463 g/mol. The van der Waals surface area contributed by atoms with E-state index in [1.54, 1.807) is 24.5 Å². The predicted octanol–water partition coefficient (Wildman–Crippen LogP) is 4.10. The van der Waals surface area contributed by atoms with Gasteiger partial charge in [0.15, 0.2) is 0 Å². The summed E-state index contributed by atoms with van der Waals surface area (Å²) >= 11 is 0. The lowest BCUT2D eigenvalue weighted by Gasteiger charge is -2.22. The maximum Gasteiger partial charge on any atom is 0.416 e. The van der Waals surface area contributed by atoms with E-state index < -0.39 is 34.2 Å². The van der Waals surface area contributed by atoms with Crippen molar-refractivity contribution in [2.45, 2.75) is 12.6 Å². The van der Waals surface area contributed by atoms with Crippen LogP contribution in [0.3, 0.4) is 0 Å². The Hall–Kier alpha value is -3.40. The second kappa shape index (κ2) is 9.39. The third kappa shape index (κ3) is 6.30. The Morgan fingerprint density at radius 3 is 2.22 bits per heavy atom. The Bertz CT molecular complexity index is 1180. The van der Waals surface area contributed by atoms with Crippen LogP contribution in [0, 0.1) is 0 Å². The van der Waals surface area contributed by atoms with E-state index in [0.717, 1.165) is 29.5 Å². The molecular weight excluding hydrogens is 443 g/mol. The second-order valence-electron chi connectivity index (χ2n) is 7.10. The van der Waals surface area contributed by atoms with Crippen LogP contribution in [0.25, 0.3) is 0 Å². The van der Waals surface area contributed by atoms with Crippen molar-refractivity contribution in [1.82, 2.24) is 4.98 Å². The number of carbonyl (C=O) groups excluding carboxylic acids is 1. The van der Waals surface area contributed by atoms with Gasteiger partial charge in [-0.25, -0.2) is 8.42 Å². The number of amides is 1. The zero-order valence-corrected chi connectivity index (χ0v) is 17.8. The molecule has 3 aromatic rings. The highest BCUT2D eigenvalue weighted by Crippen LogP contribution is 2.32. The minimum atomic E-state index is -4.64. The SMILES string of the molecule is CS(=O)(=O)N(CC(=O)Nc1ccc(Cc2ccncc2)cc1)c1cccc(C(F)(F)F)c1. The molecule has 0 saturated heterocycles. The van der Waals surface area contributed by atoms with Gasteiger partial charge in [-0.15, -0.1) is 0 Å². The lowest BCUT2D eigenvalue weighted by Crippen LogP contribution is -2.37. The summed E-state index contributed by atoms with van der Waals surface area (Å²) in [7, 11) is -4.01. The van der Waals surface area contributed by atoms with E-state index in [2.05, 4.69) is 10.3 Å². The molecule has 168 valence electrons. The molecule has 6 nitrogen and oxygen atoms in total. The predicted molar refractivity (Wildman–Crippen MR) is 116 cm³/mol. The molecule has 1 N–H and O–H groups in total. The number of anilines is 2. The maximum absolute atomic E-state index is 13.0. The van der Waals surface area contributed by atoms with E-state index in [0.29, 0.717) is 22.5 Å². The summed E-state index contributed by atoms with van der Waals surface area (Å²) in [6.07, 6.45) is 0.256. The fourth-order valence-electron chi connectivity index (χ4n) is 3.01. The van der Waals surface area contributed by atoms with E-state index in [4.69, 9.17) is 0 Å². The van der Waals surface area contributed by atoms with Crippen LogP contribution in [0.15, 0.2) is 73.1 Å². The molecule has 0 aliphatic carbocycles.